The summed E-state index contributed by atoms with van der Waals surface area (Å²) >= 11 is 3.16. The minimum absolute atomic E-state index is 0.00468. The van der Waals surface area contributed by atoms with E-state index in [9.17, 15) is 9.50 Å². The summed E-state index contributed by atoms with van der Waals surface area (Å²) in [5, 5.41) is 13.8. The zero-order valence-corrected chi connectivity index (χ0v) is 10.7. The second-order valence-corrected chi connectivity index (χ2v) is 5.24. The Bertz CT molecular complexity index is 399. The van der Waals surface area contributed by atoms with Crippen molar-refractivity contribution < 1.29 is 9.50 Å². The standard InChI is InChI=1S/C12H15BrFNO/c1-8-7-15-6-5-12(8,16)9-3-2-4-10(13)11(9)14/h2-4,8,15-16H,5-7H2,1H3. The highest BCUT2D eigenvalue weighted by atomic mass is 79.9. The summed E-state index contributed by atoms with van der Waals surface area (Å²) in [7, 11) is 0. The highest BCUT2D eigenvalue weighted by molar-refractivity contribution is 9.10. The van der Waals surface area contributed by atoms with E-state index in [2.05, 4.69) is 21.2 Å². The Morgan fingerprint density at radius 3 is 3.00 bits per heavy atom. The van der Waals surface area contributed by atoms with Crippen LogP contribution in [0.3, 0.4) is 0 Å². The van der Waals surface area contributed by atoms with Gasteiger partial charge in [-0.25, -0.2) is 4.39 Å². The molecule has 0 bridgehead atoms. The molecule has 16 heavy (non-hydrogen) atoms. The molecule has 88 valence electrons. The van der Waals surface area contributed by atoms with Crippen molar-refractivity contribution >= 4 is 15.9 Å². The Labute approximate surface area is 103 Å². The van der Waals surface area contributed by atoms with Gasteiger partial charge in [-0.3, -0.25) is 0 Å². The zero-order chi connectivity index (χ0) is 11.8. The van der Waals surface area contributed by atoms with Crippen molar-refractivity contribution in [3.8, 4) is 0 Å². The van der Waals surface area contributed by atoms with Gasteiger partial charge in [0.2, 0.25) is 0 Å². The lowest BCUT2D eigenvalue weighted by Crippen LogP contribution is -2.47. The first-order valence-corrected chi connectivity index (χ1v) is 6.22. The van der Waals surface area contributed by atoms with Crippen LogP contribution in [-0.2, 0) is 5.60 Å². The molecule has 1 saturated heterocycles. The van der Waals surface area contributed by atoms with Crippen molar-refractivity contribution in [2.24, 2.45) is 5.92 Å². The number of hydrogen-bond acceptors (Lipinski definition) is 2. The van der Waals surface area contributed by atoms with Crippen LogP contribution in [-0.4, -0.2) is 18.2 Å². The quantitative estimate of drug-likeness (QED) is 0.831. The first-order valence-electron chi connectivity index (χ1n) is 5.43. The number of aliphatic hydroxyl groups is 1. The predicted octanol–water partition coefficient (Wildman–Crippen LogP) is 2.41. The molecule has 1 aromatic carbocycles. The second-order valence-electron chi connectivity index (χ2n) is 4.38. The molecule has 2 atom stereocenters. The zero-order valence-electron chi connectivity index (χ0n) is 9.13. The maximum absolute atomic E-state index is 14.0. The van der Waals surface area contributed by atoms with Crippen molar-refractivity contribution in [3.63, 3.8) is 0 Å². The average molecular weight is 288 g/mol. The summed E-state index contributed by atoms with van der Waals surface area (Å²) in [6, 6.07) is 5.07. The minimum Gasteiger partial charge on any atom is -0.385 e. The van der Waals surface area contributed by atoms with Crippen LogP contribution in [0.1, 0.15) is 18.9 Å². The smallest absolute Gasteiger partial charge is 0.143 e. The normalized spacial score (nSPS) is 30.4. The molecule has 0 radical (unpaired) electrons. The Morgan fingerprint density at radius 2 is 2.31 bits per heavy atom. The van der Waals surface area contributed by atoms with Gasteiger partial charge in [0.15, 0.2) is 0 Å². The fraction of sp³-hybridized carbons (Fsp3) is 0.500. The van der Waals surface area contributed by atoms with Gasteiger partial charge in [-0.2, -0.15) is 0 Å². The van der Waals surface area contributed by atoms with Gasteiger partial charge in [0.1, 0.15) is 5.82 Å². The molecular weight excluding hydrogens is 273 g/mol. The molecule has 4 heteroatoms. The highest BCUT2D eigenvalue weighted by Gasteiger charge is 2.39. The molecule has 1 aromatic rings. The van der Waals surface area contributed by atoms with Crippen molar-refractivity contribution in [1.29, 1.82) is 0 Å². The van der Waals surface area contributed by atoms with E-state index in [1.54, 1.807) is 18.2 Å². The molecular formula is C12H15BrFNO. The third kappa shape index (κ3) is 1.90. The van der Waals surface area contributed by atoms with E-state index in [0.717, 1.165) is 0 Å². The summed E-state index contributed by atoms with van der Waals surface area (Å²) in [5.41, 5.74) is -0.657. The number of benzene rings is 1. The van der Waals surface area contributed by atoms with Crippen LogP contribution in [0, 0.1) is 11.7 Å². The minimum atomic E-state index is -1.06. The van der Waals surface area contributed by atoms with Gasteiger partial charge in [-0.15, -0.1) is 0 Å². The van der Waals surface area contributed by atoms with Gasteiger partial charge >= 0.3 is 0 Å². The van der Waals surface area contributed by atoms with E-state index in [-0.39, 0.29) is 11.7 Å². The fourth-order valence-electron chi connectivity index (χ4n) is 2.25. The molecule has 0 spiro atoms. The molecule has 2 nitrogen and oxygen atoms in total. The number of halogens is 2. The summed E-state index contributed by atoms with van der Waals surface area (Å²) in [4.78, 5) is 0. The van der Waals surface area contributed by atoms with E-state index < -0.39 is 5.60 Å². The molecule has 0 aliphatic carbocycles. The maximum atomic E-state index is 14.0. The maximum Gasteiger partial charge on any atom is 0.143 e. The van der Waals surface area contributed by atoms with Crippen LogP contribution >= 0.6 is 15.9 Å². The predicted molar refractivity (Wildman–Crippen MR) is 64.6 cm³/mol. The molecule has 2 N–H and O–H groups in total. The molecule has 0 amide bonds. The fourth-order valence-corrected chi connectivity index (χ4v) is 2.62. The lowest BCUT2D eigenvalue weighted by molar-refractivity contribution is -0.0420. The second kappa shape index (κ2) is 4.43. The van der Waals surface area contributed by atoms with Crippen LogP contribution < -0.4 is 5.32 Å². The Balaban J connectivity index is 2.45. The van der Waals surface area contributed by atoms with E-state index in [1.165, 1.54) is 0 Å². The summed E-state index contributed by atoms with van der Waals surface area (Å²) in [6.07, 6.45) is 0.543. The van der Waals surface area contributed by atoms with Crippen LogP contribution in [0.25, 0.3) is 0 Å². The Kier molecular flexibility index (Phi) is 3.33. The molecule has 2 unspecified atom stereocenters. The van der Waals surface area contributed by atoms with Gasteiger partial charge in [-0.05, 0) is 35.0 Å². The van der Waals surface area contributed by atoms with Gasteiger partial charge < -0.3 is 10.4 Å². The third-order valence-corrected chi connectivity index (χ3v) is 3.98. The first-order chi connectivity index (χ1) is 7.55. The van der Waals surface area contributed by atoms with E-state index in [4.69, 9.17) is 0 Å². The van der Waals surface area contributed by atoms with Crippen LogP contribution in [0.2, 0.25) is 0 Å². The van der Waals surface area contributed by atoms with E-state index in [1.807, 2.05) is 6.92 Å². The molecule has 1 fully saturated rings. The van der Waals surface area contributed by atoms with E-state index in [0.29, 0.717) is 29.5 Å². The highest BCUT2D eigenvalue weighted by Crippen LogP contribution is 2.37. The van der Waals surface area contributed by atoms with Crippen LogP contribution in [0.15, 0.2) is 22.7 Å². The number of rotatable bonds is 1. The molecule has 0 saturated carbocycles. The number of nitrogens with one attached hydrogen (secondary N) is 1. The summed E-state index contributed by atoms with van der Waals surface area (Å²) < 4.78 is 14.4. The van der Waals surface area contributed by atoms with Crippen LogP contribution in [0.4, 0.5) is 4.39 Å². The molecule has 1 aliphatic rings. The Morgan fingerprint density at radius 1 is 1.56 bits per heavy atom. The van der Waals surface area contributed by atoms with Crippen molar-refractivity contribution in [2.75, 3.05) is 13.1 Å². The molecule has 0 aromatic heterocycles. The summed E-state index contributed by atoms with van der Waals surface area (Å²) in [6.45, 7) is 3.36. The lowest BCUT2D eigenvalue weighted by atomic mass is 9.77. The van der Waals surface area contributed by atoms with Gasteiger partial charge in [-0.1, -0.05) is 19.1 Å². The van der Waals surface area contributed by atoms with Crippen LogP contribution in [0.5, 0.6) is 0 Å². The SMILES string of the molecule is CC1CNCCC1(O)c1cccc(Br)c1F. The number of hydrogen-bond donors (Lipinski definition) is 2. The largest absolute Gasteiger partial charge is 0.385 e. The number of piperidine rings is 1. The third-order valence-electron chi connectivity index (χ3n) is 3.37. The summed E-state index contributed by atoms with van der Waals surface area (Å²) in [5.74, 6) is -0.344. The lowest BCUT2D eigenvalue weighted by Gasteiger charge is -2.39. The topological polar surface area (TPSA) is 32.3 Å². The Hall–Kier alpha value is -0.450. The van der Waals surface area contributed by atoms with E-state index >= 15 is 0 Å². The monoisotopic (exact) mass is 287 g/mol. The van der Waals surface area contributed by atoms with Gasteiger partial charge in [0, 0.05) is 18.0 Å². The molecule has 1 aliphatic heterocycles. The molecule has 2 rings (SSSR count). The van der Waals surface area contributed by atoms with Gasteiger partial charge in [0.05, 0.1) is 10.1 Å². The van der Waals surface area contributed by atoms with Crippen molar-refractivity contribution in [1.82, 2.24) is 5.32 Å². The van der Waals surface area contributed by atoms with Gasteiger partial charge in [0.25, 0.3) is 0 Å². The first kappa shape index (κ1) is 12.0. The average Bonchev–Trinajstić information content (AvgIpc) is 2.26. The van der Waals surface area contributed by atoms with Crippen molar-refractivity contribution in [2.45, 2.75) is 18.9 Å². The van der Waals surface area contributed by atoms with Crippen molar-refractivity contribution in [3.05, 3.63) is 34.1 Å². The molecule has 1 heterocycles.